The zero-order chi connectivity index (χ0) is 13.4. The average molecular weight is 263 g/mol. The molecule has 0 aromatic carbocycles. The van der Waals surface area contributed by atoms with Crippen LogP contribution in [-0.2, 0) is 0 Å². The summed E-state index contributed by atoms with van der Waals surface area (Å²) in [4.78, 5) is 17.1. The third kappa shape index (κ3) is 2.53. The first kappa shape index (κ1) is 12.7. The fourth-order valence-electron chi connectivity index (χ4n) is 3.08. The molecule has 3 fully saturated rings. The van der Waals surface area contributed by atoms with Gasteiger partial charge >= 0.3 is 0 Å². The predicted octanol–water partition coefficient (Wildman–Crippen LogP) is 0.626. The van der Waals surface area contributed by atoms with Gasteiger partial charge in [0.1, 0.15) is 11.5 Å². The second-order valence-electron chi connectivity index (χ2n) is 5.53. The van der Waals surface area contributed by atoms with Crippen molar-refractivity contribution in [1.82, 2.24) is 15.1 Å². The van der Waals surface area contributed by atoms with Crippen molar-refractivity contribution in [3.63, 3.8) is 0 Å². The molecule has 104 valence electrons. The van der Waals surface area contributed by atoms with E-state index in [4.69, 9.17) is 4.42 Å². The van der Waals surface area contributed by atoms with Crippen molar-refractivity contribution in [2.75, 3.05) is 39.3 Å². The Morgan fingerprint density at radius 3 is 2.63 bits per heavy atom. The number of rotatable bonds is 3. The van der Waals surface area contributed by atoms with Crippen LogP contribution in [0.15, 0.2) is 10.5 Å². The van der Waals surface area contributed by atoms with E-state index >= 15 is 0 Å². The summed E-state index contributed by atoms with van der Waals surface area (Å²) in [7, 11) is 0. The molecule has 0 radical (unpaired) electrons. The van der Waals surface area contributed by atoms with Crippen LogP contribution in [0.25, 0.3) is 0 Å². The molecule has 0 spiro atoms. The topological polar surface area (TPSA) is 48.7 Å². The SMILES string of the molecule is Cc1cc(C(=O)NCC2CN3CCN2CC3)c(C)o1. The number of piperazine rings is 3. The summed E-state index contributed by atoms with van der Waals surface area (Å²) < 4.78 is 5.40. The van der Waals surface area contributed by atoms with Crippen LogP contribution >= 0.6 is 0 Å². The van der Waals surface area contributed by atoms with Gasteiger partial charge in [0.25, 0.3) is 5.91 Å². The largest absolute Gasteiger partial charge is 0.466 e. The Hall–Kier alpha value is -1.33. The number of hydrogen-bond acceptors (Lipinski definition) is 4. The minimum Gasteiger partial charge on any atom is -0.466 e. The Bertz CT molecular complexity index is 475. The quantitative estimate of drug-likeness (QED) is 0.869. The summed E-state index contributed by atoms with van der Waals surface area (Å²) in [6, 6.07) is 2.27. The molecule has 1 N–H and O–H groups in total. The van der Waals surface area contributed by atoms with Gasteiger partial charge in [-0.2, -0.15) is 0 Å². The lowest BCUT2D eigenvalue weighted by Gasteiger charge is -2.47. The summed E-state index contributed by atoms with van der Waals surface area (Å²) in [5, 5.41) is 3.04. The number of fused-ring (bicyclic) bond motifs is 3. The highest BCUT2D eigenvalue weighted by Gasteiger charge is 2.31. The Labute approximate surface area is 113 Å². The number of hydrogen-bond donors (Lipinski definition) is 1. The summed E-state index contributed by atoms with van der Waals surface area (Å²) in [6.07, 6.45) is 0. The summed E-state index contributed by atoms with van der Waals surface area (Å²) >= 11 is 0. The van der Waals surface area contributed by atoms with Crippen LogP contribution < -0.4 is 5.32 Å². The molecule has 4 heterocycles. The lowest BCUT2D eigenvalue weighted by atomic mass is 10.1. The van der Waals surface area contributed by atoms with Gasteiger partial charge in [-0.3, -0.25) is 14.6 Å². The fraction of sp³-hybridized carbons (Fsp3) is 0.643. The second-order valence-corrected chi connectivity index (χ2v) is 5.53. The molecule has 3 aliphatic rings. The van der Waals surface area contributed by atoms with E-state index < -0.39 is 0 Å². The van der Waals surface area contributed by atoms with Crippen LogP contribution in [0.1, 0.15) is 21.9 Å². The highest BCUT2D eigenvalue weighted by Crippen LogP contribution is 2.16. The molecule has 3 aliphatic heterocycles. The number of carbonyl (C=O) groups excluding carboxylic acids is 1. The molecule has 1 aromatic rings. The van der Waals surface area contributed by atoms with Crippen molar-refractivity contribution >= 4 is 5.91 Å². The monoisotopic (exact) mass is 263 g/mol. The third-order valence-electron chi connectivity index (χ3n) is 4.18. The minimum absolute atomic E-state index is 0.0213. The van der Waals surface area contributed by atoms with Crippen molar-refractivity contribution in [2.24, 2.45) is 0 Å². The fourth-order valence-corrected chi connectivity index (χ4v) is 3.08. The minimum atomic E-state index is -0.0213. The van der Waals surface area contributed by atoms with Gasteiger partial charge in [0.2, 0.25) is 0 Å². The highest BCUT2D eigenvalue weighted by atomic mass is 16.3. The van der Waals surface area contributed by atoms with Crippen LogP contribution in [-0.4, -0.2) is 61.0 Å². The van der Waals surface area contributed by atoms with E-state index in [-0.39, 0.29) is 5.91 Å². The smallest absolute Gasteiger partial charge is 0.254 e. The molecule has 3 saturated heterocycles. The molecule has 5 nitrogen and oxygen atoms in total. The number of amides is 1. The third-order valence-corrected chi connectivity index (χ3v) is 4.18. The van der Waals surface area contributed by atoms with Crippen molar-refractivity contribution in [1.29, 1.82) is 0 Å². The molecule has 19 heavy (non-hydrogen) atoms. The maximum Gasteiger partial charge on any atom is 0.254 e. The van der Waals surface area contributed by atoms with Gasteiger partial charge in [-0.1, -0.05) is 0 Å². The zero-order valence-corrected chi connectivity index (χ0v) is 11.6. The van der Waals surface area contributed by atoms with Crippen LogP contribution in [0.5, 0.6) is 0 Å². The molecule has 5 heteroatoms. The first-order valence-corrected chi connectivity index (χ1v) is 6.95. The molecule has 1 atom stereocenters. The lowest BCUT2D eigenvalue weighted by molar-refractivity contribution is 0.0138. The van der Waals surface area contributed by atoms with Crippen molar-refractivity contribution in [3.05, 3.63) is 23.2 Å². The van der Waals surface area contributed by atoms with Gasteiger partial charge in [-0.15, -0.1) is 0 Å². The Kier molecular flexibility index (Phi) is 3.33. The number of nitrogens with zero attached hydrogens (tertiary/aromatic N) is 2. The van der Waals surface area contributed by atoms with Gasteiger partial charge in [-0.25, -0.2) is 0 Å². The maximum atomic E-state index is 12.1. The van der Waals surface area contributed by atoms with E-state index in [0.717, 1.165) is 31.9 Å². The summed E-state index contributed by atoms with van der Waals surface area (Å²) in [5.41, 5.74) is 0.661. The Balaban J connectivity index is 1.57. The molecule has 0 saturated carbocycles. The van der Waals surface area contributed by atoms with Gasteiger partial charge in [-0.05, 0) is 19.9 Å². The maximum absolute atomic E-state index is 12.1. The van der Waals surface area contributed by atoms with E-state index in [1.165, 1.54) is 13.1 Å². The van der Waals surface area contributed by atoms with Crippen LogP contribution in [0.2, 0.25) is 0 Å². The Morgan fingerprint density at radius 2 is 2.11 bits per heavy atom. The molecule has 4 rings (SSSR count). The van der Waals surface area contributed by atoms with Crippen LogP contribution in [0.3, 0.4) is 0 Å². The molecule has 0 aliphatic carbocycles. The molecular formula is C14H21N3O2. The zero-order valence-electron chi connectivity index (χ0n) is 11.6. The number of aryl methyl sites for hydroxylation is 2. The van der Waals surface area contributed by atoms with Gasteiger partial charge in [0.05, 0.1) is 5.56 Å². The van der Waals surface area contributed by atoms with Crippen LogP contribution in [0, 0.1) is 13.8 Å². The highest BCUT2D eigenvalue weighted by molar-refractivity contribution is 5.95. The normalized spacial score (nSPS) is 29.5. The number of furan rings is 1. The molecule has 1 amide bonds. The average Bonchev–Trinajstić information content (AvgIpc) is 2.76. The molecule has 1 aromatic heterocycles. The predicted molar refractivity (Wildman–Crippen MR) is 72.3 cm³/mol. The van der Waals surface area contributed by atoms with Gasteiger partial charge < -0.3 is 9.73 Å². The van der Waals surface area contributed by atoms with Crippen LogP contribution in [0.4, 0.5) is 0 Å². The van der Waals surface area contributed by atoms with Crippen molar-refractivity contribution in [3.8, 4) is 0 Å². The van der Waals surface area contributed by atoms with Crippen molar-refractivity contribution in [2.45, 2.75) is 19.9 Å². The Morgan fingerprint density at radius 1 is 1.37 bits per heavy atom. The van der Waals surface area contributed by atoms with E-state index in [0.29, 0.717) is 17.4 Å². The molecule has 2 bridgehead atoms. The van der Waals surface area contributed by atoms with Gasteiger partial charge in [0, 0.05) is 45.3 Å². The lowest BCUT2D eigenvalue weighted by Crippen LogP contribution is -2.63. The van der Waals surface area contributed by atoms with E-state index in [2.05, 4.69) is 15.1 Å². The standard InChI is InChI=1S/C14H21N3O2/c1-10-7-13(11(2)19-10)14(18)15-8-12-9-16-3-5-17(12)6-4-16/h7,12H,3-6,8-9H2,1-2H3,(H,15,18). The van der Waals surface area contributed by atoms with Gasteiger partial charge in [0.15, 0.2) is 0 Å². The van der Waals surface area contributed by atoms with E-state index in [1.54, 1.807) is 0 Å². The summed E-state index contributed by atoms with van der Waals surface area (Å²) in [5.74, 6) is 1.46. The van der Waals surface area contributed by atoms with E-state index in [1.807, 2.05) is 19.9 Å². The summed E-state index contributed by atoms with van der Waals surface area (Å²) in [6.45, 7) is 10.1. The number of carbonyl (C=O) groups is 1. The first-order chi connectivity index (χ1) is 9.13. The molecular weight excluding hydrogens is 242 g/mol. The molecule has 1 unspecified atom stereocenters. The van der Waals surface area contributed by atoms with E-state index in [9.17, 15) is 4.79 Å². The first-order valence-electron chi connectivity index (χ1n) is 6.95. The second kappa shape index (κ2) is 4.98. The van der Waals surface area contributed by atoms with Crippen molar-refractivity contribution < 1.29 is 9.21 Å². The number of nitrogens with one attached hydrogen (secondary N) is 1.